The van der Waals surface area contributed by atoms with Crippen molar-refractivity contribution in [1.82, 2.24) is 10.2 Å². The topological polar surface area (TPSA) is 86.8 Å². The first-order chi connectivity index (χ1) is 17.4. The third-order valence-corrected chi connectivity index (χ3v) is 7.62. The maximum atomic E-state index is 13.5. The lowest BCUT2D eigenvalue weighted by molar-refractivity contribution is -0.139. The molecule has 2 aromatic rings. The van der Waals surface area contributed by atoms with Gasteiger partial charge in [0.1, 0.15) is 12.6 Å². The fraction of sp³-hybridized carbons (Fsp3) is 0.417. The Hall–Kier alpha value is -2.21. The number of rotatable bonds is 10. The smallest absolute Gasteiger partial charge is 0.354 e. The number of anilines is 1. The minimum Gasteiger partial charge on any atom is -0.354 e. The molecule has 0 fully saturated rings. The molecule has 0 spiro atoms. The van der Waals surface area contributed by atoms with E-state index in [1.54, 1.807) is 6.07 Å². The fourth-order valence-corrected chi connectivity index (χ4v) is 4.76. The van der Waals surface area contributed by atoms with Crippen LogP contribution in [0.2, 0.25) is 15.1 Å². The Morgan fingerprint density at radius 1 is 0.974 bits per heavy atom. The first-order valence-corrected chi connectivity index (χ1v) is 14.3. The molecule has 0 saturated carbocycles. The van der Waals surface area contributed by atoms with Crippen molar-refractivity contribution in [3.05, 3.63) is 62.6 Å². The highest BCUT2D eigenvalue weighted by atomic mass is 35.5. The molecular formula is C24H27Cl3F3N3O4S. The second-order valence-corrected chi connectivity index (χ2v) is 12.1. The number of nitrogens with zero attached hydrogens (tertiary/aromatic N) is 2. The van der Waals surface area contributed by atoms with Gasteiger partial charge in [0.25, 0.3) is 0 Å². The summed E-state index contributed by atoms with van der Waals surface area (Å²) in [6, 6.07) is 6.03. The number of nitrogens with one attached hydrogen (secondary N) is 1. The lowest BCUT2D eigenvalue weighted by Gasteiger charge is -2.32. The molecule has 0 bridgehead atoms. The van der Waals surface area contributed by atoms with Gasteiger partial charge in [-0.2, -0.15) is 13.2 Å². The summed E-state index contributed by atoms with van der Waals surface area (Å²) in [5.41, 5.74) is -1.18. The average molecular weight is 617 g/mol. The predicted octanol–water partition coefficient (Wildman–Crippen LogP) is 5.62. The van der Waals surface area contributed by atoms with Crippen LogP contribution in [0.4, 0.5) is 18.9 Å². The molecular weight excluding hydrogens is 590 g/mol. The van der Waals surface area contributed by atoms with E-state index in [9.17, 15) is 31.2 Å². The van der Waals surface area contributed by atoms with Gasteiger partial charge in [-0.25, -0.2) is 8.42 Å². The molecule has 2 amide bonds. The number of alkyl halides is 3. The van der Waals surface area contributed by atoms with Crippen molar-refractivity contribution in [3.8, 4) is 0 Å². The van der Waals surface area contributed by atoms with E-state index in [4.69, 9.17) is 34.8 Å². The second kappa shape index (κ2) is 12.8. The Balaban J connectivity index is 2.48. The molecule has 0 unspecified atom stereocenters. The molecule has 2 aromatic carbocycles. The minimum absolute atomic E-state index is 0.124. The van der Waals surface area contributed by atoms with Crippen molar-refractivity contribution < 1.29 is 31.2 Å². The summed E-state index contributed by atoms with van der Waals surface area (Å²) in [6.45, 7) is 4.53. The highest BCUT2D eigenvalue weighted by Crippen LogP contribution is 2.37. The van der Waals surface area contributed by atoms with Crippen molar-refractivity contribution in [2.75, 3.05) is 23.7 Å². The molecule has 0 aliphatic carbocycles. The van der Waals surface area contributed by atoms with Crippen molar-refractivity contribution in [2.45, 2.75) is 39.5 Å². The van der Waals surface area contributed by atoms with E-state index in [-0.39, 0.29) is 22.5 Å². The standard InChI is InChI=1S/C24H27Cl3F3N3O4S/c1-14(2)11-31-23(35)15(3)32(12-16-5-7-20(26)21(27)9-16)22(34)13-33(38(4,36)37)17-6-8-19(25)18(10-17)24(28,29)30/h5-10,14-15H,11-13H2,1-4H3,(H,31,35)/t15-/m1/s1. The Morgan fingerprint density at radius 2 is 1.58 bits per heavy atom. The molecule has 0 saturated heterocycles. The van der Waals surface area contributed by atoms with Crippen LogP contribution >= 0.6 is 34.8 Å². The van der Waals surface area contributed by atoms with Gasteiger partial charge in [-0.05, 0) is 48.7 Å². The first-order valence-electron chi connectivity index (χ1n) is 11.3. The van der Waals surface area contributed by atoms with Crippen molar-refractivity contribution >= 4 is 62.3 Å². The molecule has 0 aliphatic rings. The zero-order valence-electron chi connectivity index (χ0n) is 20.9. The molecule has 7 nitrogen and oxygen atoms in total. The number of benzene rings is 2. The van der Waals surface area contributed by atoms with Gasteiger partial charge >= 0.3 is 6.18 Å². The van der Waals surface area contributed by atoms with Crippen molar-refractivity contribution in [1.29, 1.82) is 0 Å². The quantitative estimate of drug-likeness (QED) is 0.376. The van der Waals surface area contributed by atoms with Crippen LogP contribution in [-0.2, 0) is 32.3 Å². The second-order valence-electron chi connectivity index (χ2n) is 9.02. The van der Waals surface area contributed by atoms with Gasteiger partial charge in [0.15, 0.2) is 0 Å². The maximum absolute atomic E-state index is 13.5. The van der Waals surface area contributed by atoms with E-state index in [0.717, 1.165) is 23.3 Å². The lowest BCUT2D eigenvalue weighted by Crippen LogP contribution is -2.51. The molecule has 14 heteroatoms. The molecule has 2 rings (SSSR count). The van der Waals surface area contributed by atoms with Gasteiger partial charge in [0.05, 0.1) is 32.6 Å². The predicted molar refractivity (Wildman–Crippen MR) is 143 cm³/mol. The van der Waals surface area contributed by atoms with Crippen molar-refractivity contribution in [2.24, 2.45) is 5.92 Å². The van der Waals surface area contributed by atoms with E-state index >= 15 is 0 Å². The van der Waals surface area contributed by atoms with Crippen LogP contribution in [0.3, 0.4) is 0 Å². The van der Waals surface area contributed by atoms with E-state index < -0.39 is 56.9 Å². The summed E-state index contributed by atoms with van der Waals surface area (Å²) >= 11 is 17.7. The van der Waals surface area contributed by atoms with Gasteiger partial charge in [0.2, 0.25) is 21.8 Å². The molecule has 38 heavy (non-hydrogen) atoms. The summed E-state index contributed by atoms with van der Waals surface area (Å²) in [6.07, 6.45) is -4.10. The van der Waals surface area contributed by atoms with Crippen LogP contribution < -0.4 is 9.62 Å². The summed E-state index contributed by atoms with van der Waals surface area (Å²) in [4.78, 5) is 27.4. The van der Waals surface area contributed by atoms with Gasteiger partial charge in [0, 0.05) is 13.1 Å². The highest BCUT2D eigenvalue weighted by Gasteiger charge is 2.35. The minimum atomic E-state index is -4.86. The largest absolute Gasteiger partial charge is 0.417 e. The number of hydrogen-bond donors (Lipinski definition) is 1. The van der Waals surface area contributed by atoms with Crippen LogP contribution in [0.15, 0.2) is 36.4 Å². The van der Waals surface area contributed by atoms with Gasteiger partial charge in [-0.1, -0.05) is 54.7 Å². The van der Waals surface area contributed by atoms with Crippen LogP contribution in [0.5, 0.6) is 0 Å². The SMILES string of the molecule is CC(C)CNC(=O)[C@@H](C)N(Cc1ccc(Cl)c(Cl)c1)C(=O)CN(c1ccc(Cl)c(C(F)(F)F)c1)S(C)(=O)=O. The average Bonchev–Trinajstić information content (AvgIpc) is 2.80. The third-order valence-electron chi connectivity index (χ3n) is 5.41. The van der Waals surface area contributed by atoms with Crippen LogP contribution in [0, 0.1) is 5.92 Å². The number of carbonyl (C=O) groups is 2. The molecule has 210 valence electrons. The van der Waals surface area contributed by atoms with Gasteiger partial charge in [-0.3, -0.25) is 13.9 Å². The van der Waals surface area contributed by atoms with Crippen molar-refractivity contribution in [3.63, 3.8) is 0 Å². The molecule has 0 aliphatic heterocycles. The normalized spacial score (nSPS) is 12.8. The lowest BCUT2D eigenvalue weighted by atomic mass is 10.1. The third kappa shape index (κ3) is 8.65. The monoisotopic (exact) mass is 615 g/mol. The fourth-order valence-electron chi connectivity index (χ4n) is 3.37. The molecule has 0 radical (unpaired) electrons. The summed E-state index contributed by atoms with van der Waals surface area (Å²) in [5, 5.41) is 2.56. The summed E-state index contributed by atoms with van der Waals surface area (Å²) in [5.74, 6) is -1.21. The van der Waals surface area contributed by atoms with Crippen LogP contribution in [0.1, 0.15) is 31.9 Å². The van der Waals surface area contributed by atoms with Crippen LogP contribution in [-0.4, -0.2) is 50.5 Å². The van der Waals surface area contributed by atoms with Gasteiger partial charge < -0.3 is 10.2 Å². The molecule has 1 N–H and O–H groups in total. The Bertz CT molecular complexity index is 1290. The highest BCUT2D eigenvalue weighted by molar-refractivity contribution is 7.92. The first kappa shape index (κ1) is 32.0. The van der Waals surface area contributed by atoms with E-state index in [1.807, 2.05) is 13.8 Å². The van der Waals surface area contributed by atoms with E-state index in [1.165, 1.54) is 19.1 Å². The molecule has 1 atom stereocenters. The zero-order valence-corrected chi connectivity index (χ0v) is 24.0. The van der Waals surface area contributed by atoms with Gasteiger partial charge in [-0.15, -0.1) is 0 Å². The number of sulfonamides is 1. The number of hydrogen-bond acceptors (Lipinski definition) is 4. The number of halogens is 6. The zero-order chi connectivity index (χ0) is 29.0. The molecule has 0 aromatic heterocycles. The summed E-state index contributed by atoms with van der Waals surface area (Å²) < 4.78 is 65.9. The number of amides is 2. The Labute approximate surface area is 234 Å². The van der Waals surface area contributed by atoms with E-state index in [2.05, 4.69) is 5.32 Å². The Morgan fingerprint density at radius 3 is 2.11 bits per heavy atom. The maximum Gasteiger partial charge on any atom is 0.417 e. The Kier molecular flexibility index (Phi) is 10.7. The molecule has 0 heterocycles. The summed E-state index contributed by atoms with van der Waals surface area (Å²) in [7, 11) is -4.24. The number of carbonyl (C=O) groups excluding carboxylic acids is 2. The van der Waals surface area contributed by atoms with Crippen LogP contribution in [0.25, 0.3) is 0 Å². The van der Waals surface area contributed by atoms with E-state index in [0.29, 0.717) is 22.5 Å².